The molecule has 31 heavy (non-hydrogen) atoms. The topological polar surface area (TPSA) is 86.0 Å². The number of carboxylic acid groups (broad SMARTS) is 1. The molecule has 3 aromatic carbocycles. The molecule has 0 aliphatic heterocycles. The summed E-state index contributed by atoms with van der Waals surface area (Å²) in [5.74, 6) is 0.720. The summed E-state index contributed by atoms with van der Waals surface area (Å²) in [6, 6.07) is 21.9. The predicted octanol–water partition coefficient (Wildman–Crippen LogP) is 1.56. The number of pyridine rings is 1. The van der Waals surface area contributed by atoms with Crippen LogP contribution in [0.4, 0.5) is 0 Å². The van der Waals surface area contributed by atoms with E-state index in [0.29, 0.717) is 22.8 Å². The Labute approximate surface area is 206 Å². The summed E-state index contributed by atoms with van der Waals surface area (Å²) in [6.45, 7) is 0. The number of aromatic carboxylic acids is 1. The first kappa shape index (κ1) is 22.9. The second-order valence-electron chi connectivity index (χ2n) is 6.47. The standard InChI is InChI=1S/C24H16N2O3S.Na/c25-13-18-9-10-21(20-4-2-1-3-19(18)20)29-22-14-26-12-11-23(22)30-15-16-5-7-17(8-6-16)24(27)28;/h1-12,14H,15H2,(H,27,28);/q;+1/p-1. The third-order valence-electron chi connectivity index (χ3n) is 4.56. The molecule has 0 amide bonds. The van der Waals surface area contributed by atoms with Gasteiger partial charge in [0.05, 0.1) is 28.7 Å². The molecular weight excluding hydrogens is 419 g/mol. The normalized spacial score (nSPS) is 10.2. The summed E-state index contributed by atoms with van der Waals surface area (Å²) in [5, 5.41) is 21.9. The van der Waals surface area contributed by atoms with Crippen molar-refractivity contribution in [3.8, 4) is 17.6 Å². The van der Waals surface area contributed by atoms with Gasteiger partial charge in [0.1, 0.15) is 5.75 Å². The van der Waals surface area contributed by atoms with Gasteiger partial charge in [-0.1, -0.05) is 48.5 Å². The zero-order chi connectivity index (χ0) is 20.9. The number of hydrogen-bond acceptors (Lipinski definition) is 6. The van der Waals surface area contributed by atoms with Crippen LogP contribution in [0.15, 0.2) is 84.0 Å². The van der Waals surface area contributed by atoms with E-state index < -0.39 is 5.97 Å². The van der Waals surface area contributed by atoms with E-state index in [0.717, 1.165) is 21.2 Å². The number of carbonyl (C=O) groups excluding carboxylic acids is 1. The van der Waals surface area contributed by atoms with Crippen molar-refractivity contribution in [3.05, 3.63) is 95.8 Å². The van der Waals surface area contributed by atoms with Crippen LogP contribution >= 0.6 is 11.8 Å². The van der Waals surface area contributed by atoms with Crippen molar-refractivity contribution in [1.82, 2.24) is 4.98 Å². The summed E-state index contributed by atoms with van der Waals surface area (Å²) < 4.78 is 6.18. The molecule has 0 atom stereocenters. The minimum atomic E-state index is -1.19. The average Bonchev–Trinajstić information content (AvgIpc) is 2.79. The van der Waals surface area contributed by atoms with E-state index in [-0.39, 0.29) is 35.1 Å². The Hall–Kier alpha value is -2.82. The number of aromatic nitrogens is 1. The molecule has 5 nitrogen and oxygen atoms in total. The number of ether oxygens (including phenoxy) is 1. The van der Waals surface area contributed by atoms with Gasteiger partial charge in [0.15, 0.2) is 5.75 Å². The van der Waals surface area contributed by atoms with E-state index in [9.17, 15) is 15.2 Å². The van der Waals surface area contributed by atoms with Crippen LogP contribution in [-0.2, 0) is 5.75 Å². The molecule has 0 aliphatic rings. The summed E-state index contributed by atoms with van der Waals surface area (Å²) in [4.78, 5) is 16.0. The molecule has 0 fully saturated rings. The Kier molecular flexibility index (Phi) is 7.72. The maximum absolute atomic E-state index is 10.9. The van der Waals surface area contributed by atoms with Crippen LogP contribution in [0.5, 0.6) is 11.5 Å². The molecule has 4 rings (SSSR count). The Morgan fingerprint density at radius 3 is 2.45 bits per heavy atom. The fourth-order valence-corrected chi connectivity index (χ4v) is 3.95. The molecule has 0 N–H and O–H groups in total. The van der Waals surface area contributed by atoms with Crippen LogP contribution < -0.4 is 39.4 Å². The second kappa shape index (κ2) is 10.5. The molecule has 0 radical (unpaired) electrons. The van der Waals surface area contributed by atoms with Gasteiger partial charge in [-0.25, -0.2) is 0 Å². The van der Waals surface area contributed by atoms with E-state index in [1.54, 1.807) is 48.4 Å². The van der Waals surface area contributed by atoms with Crippen LogP contribution in [0.1, 0.15) is 21.5 Å². The van der Waals surface area contributed by atoms with Crippen molar-refractivity contribution in [2.24, 2.45) is 0 Å². The number of hydrogen-bond donors (Lipinski definition) is 0. The number of nitriles is 1. The first-order valence-corrected chi connectivity index (χ1v) is 10.1. The Morgan fingerprint density at radius 1 is 1.00 bits per heavy atom. The van der Waals surface area contributed by atoms with Crippen molar-refractivity contribution < 1.29 is 44.2 Å². The number of carboxylic acids is 1. The molecular formula is C24H15N2NaO3S. The smallest absolute Gasteiger partial charge is 0.545 e. The van der Waals surface area contributed by atoms with Gasteiger partial charge in [0, 0.05) is 22.7 Å². The number of thioether (sulfide) groups is 1. The van der Waals surface area contributed by atoms with Gasteiger partial charge in [-0.05, 0) is 29.3 Å². The van der Waals surface area contributed by atoms with Crippen molar-refractivity contribution >= 4 is 28.5 Å². The molecule has 0 saturated carbocycles. The van der Waals surface area contributed by atoms with Crippen molar-refractivity contribution in [3.63, 3.8) is 0 Å². The molecule has 1 heterocycles. The van der Waals surface area contributed by atoms with Crippen LogP contribution in [0, 0.1) is 11.3 Å². The molecule has 0 bridgehead atoms. The molecule has 146 valence electrons. The first-order valence-electron chi connectivity index (χ1n) is 9.12. The first-order chi connectivity index (χ1) is 14.7. The second-order valence-corrected chi connectivity index (χ2v) is 7.48. The molecule has 1 aromatic heterocycles. The molecule has 0 spiro atoms. The van der Waals surface area contributed by atoms with Crippen molar-refractivity contribution in [1.29, 1.82) is 5.26 Å². The van der Waals surface area contributed by atoms with E-state index >= 15 is 0 Å². The largest absolute Gasteiger partial charge is 1.00 e. The third-order valence-corrected chi connectivity index (χ3v) is 5.68. The minimum Gasteiger partial charge on any atom is -0.545 e. The number of rotatable bonds is 6. The van der Waals surface area contributed by atoms with Gasteiger partial charge in [-0.15, -0.1) is 11.8 Å². The van der Waals surface area contributed by atoms with Crippen LogP contribution in [-0.4, -0.2) is 11.0 Å². The fraction of sp³-hybridized carbons (Fsp3) is 0.0417. The summed E-state index contributed by atoms with van der Waals surface area (Å²) >= 11 is 1.57. The van der Waals surface area contributed by atoms with Crippen LogP contribution in [0.3, 0.4) is 0 Å². The zero-order valence-electron chi connectivity index (χ0n) is 16.7. The van der Waals surface area contributed by atoms with Gasteiger partial charge < -0.3 is 14.6 Å². The maximum atomic E-state index is 10.9. The number of nitrogens with zero attached hydrogens (tertiary/aromatic N) is 2. The Bertz CT molecular complexity index is 1270. The minimum absolute atomic E-state index is 0. The van der Waals surface area contributed by atoms with E-state index in [1.165, 1.54) is 12.1 Å². The molecule has 7 heteroatoms. The fourth-order valence-electron chi connectivity index (χ4n) is 3.04. The number of fused-ring (bicyclic) bond motifs is 1. The SMILES string of the molecule is N#Cc1ccc(Oc2cnccc2SCc2ccc(C(=O)[O-])cc2)c2ccccc12.[Na+]. The summed E-state index contributed by atoms with van der Waals surface area (Å²) in [6.07, 6.45) is 3.36. The summed E-state index contributed by atoms with van der Waals surface area (Å²) in [5.41, 5.74) is 1.74. The van der Waals surface area contributed by atoms with Crippen molar-refractivity contribution in [2.45, 2.75) is 10.6 Å². The molecule has 4 aromatic rings. The number of benzene rings is 3. The molecule has 0 aliphatic carbocycles. The third kappa shape index (κ3) is 5.27. The molecule has 0 saturated heterocycles. The van der Waals surface area contributed by atoms with E-state index in [2.05, 4.69) is 11.1 Å². The van der Waals surface area contributed by atoms with Gasteiger partial charge in [-0.2, -0.15) is 5.26 Å². The van der Waals surface area contributed by atoms with Gasteiger partial charge in [0.25, 0.3) is 0 Å². The Morgan fingerprint density at radius 2 is 1.74 bits per heavy atom. The van der Waals surface area contributed by atoms with Crippen molar-refractivity contribution in [2.75, 3.05) is 0 Å². The quantitative estimate of drug-likeness (QED) is 0.338. The Balaban J connectivity index is 0.00000272. The van der Waals surface area contributed by atoms with Crippen LogP contribution in [0.25, 0.3) is 10.8 Å². The maximum Gasteiger partial charge on any atom is 1.00 e. The van der Waals surface area contributed by atoms with E-state index in [1.807, 2.05) is 30.3 Å². The van der Waals surface area contributed by atoms with Gasteiger partial charge >= 0.3 is 29.6 Å². The van der Waals surface area contributed by atoms with Gasteiger partial charge in [0.2, 0.25) is 0 Å². The molecule has 0 unspecified atom stereocenters. The average molecular weight is 434 g/mol. The monoisotopic (exact) mass is 434 g/mol. The van der Waals surface area contributed by atoms with Gasteiger partial charge in [-0.3, -0.25) is 4.98 Å². The zero-order valence-corrected chi connectivity index (χ0v) is 19.6. The predicted molar refractivity (Wildman–Crippen MR) is 113 cm³/mol. The van der Waals surface area contributed by atoms with Crippen LogP contribution in [0.2, 0.25) is 0 Å². The number of carbonyl (C=O) groups is 1. The summed E-state index contributed by atoms with van der Waals surface area (Å²) in [7, 11) is 0. The van der Waals surface area contributed by atoms with E-state index in [4.69, 9.17) is 4.74 Å².